The molecule has 1 aromatic heterocycles. The second kappa shape index (κ2) is 9.82. The summed E-state index contributed by atoms with van der Waals surface area (Å²) in [6.45, 7) is -1.10. The van der Waals surface area contributed by atoms with E-state index in [1.54, 1.807) is 0 Å². The summed E-state index contributed by atoms with van der Waals surface area (Å²) in [4.78, 5) is 27.9. The van der Waals surface area contributed by atoms with Gasteiger partial charge in [-0.1, -0.05) is 22.8 Å². The Bertz CT molecular complexity index is 1330. The zero-order valence-corrected chi connectivity index (χ0v) is 19.2. The van der Waals surface area contributed by atoms with Crippen LogP contribution in [0.1, 0.15) is 24.3 Å². The molecule has 1 aromatic carbocycles. The van der Waals surface area contributed by atoms with E-state index in [9.17, 15) is 28.8 Å². The quantitative estimate of drug-likeness (QED) is 0.215. The first-order valence-electron chi connectivity index (χ1n) is 10.0. The van der Waals surface area contributed by atoms with Crippen molar-refractivity contribution in [1.29, 1.82) is 0 Å². The van der Waals surface area contributed by atoms with Gasteiger partial charge in [-0.3, -0.25) is 27.9 Å². The fourth-order valence-corrected chi connectivity index (χ4v) is 5.21. The first-order valence-corrected chi connectivity index (χ1v) is 11.9. The van der Waals surface area contributed by atoms with E-state index in [0.717, 1.165) is 22.9 Å². The number of aromatic nitrogens is 2. The van der Waals surface area contributed by atoms with Crippen molar-refractivity contribution >= 4 is 19.4 Å². The number of rotatable bonds is 6. The second-order valence-electron chi connectivity index (χ2n) is 7.60. The van der Waals surface area contributed by atoms with Gasteiger partial charge >= 0.3 is 13.5 Å². The van der Waals surface area contributed by atoms with E-state index >= 15 is 0 Å². The lowest BCUT2D eigenvalue weighted by Gasteiger charge is -2.32. The first kappa shape index (κ1) is 25.5. The van der Waals surface area contributed by atoms with Crippen LogP contribution in [0.3, 0.4) is 0 Å². The topological polar surface area (TPSA) is 198 Å². The number of ether oxygens (including phenoxy) is 1. The average molecular weight is 534 g/mol. The van der Waals surface area contributed by atoms with Gasteiger partial charge in [-0.05, 0) is 17.7 Å². The molecule has 2 saturated heterocycles. The molecule has 3 heterocycles. The molecule has 6 atom stereocenters. The van der Waals surface area contributed by atoms with Gasteiger partial charge in [-0.2, -0.15) is 0 Å². The highest BCUT2D eigenvalue weighted by molar-refractivity contribution is 7.48. The van der Waals surface area contributed by atoms with Crippen molar-refractivity contribution < 1.29 is 37.5 Å². The maximum Gasteiger partial charge on any atom is 0.475 e. The van der Waals surface area contributed by atoms with E-state index in [2.05, 4.69) is 10.0 Å². The van der Waals surface area contributed by atoms with Crippen molar-refractivity contribution in [3.63, 3.8) is 0 Å². The Balaban J connectivity index is 1.56. The standard InChI is InChI=1S/C18H18ClFN5O9P/c19-9-1-2-10(11(20)7-9)12-4-6-31-35(30,34-12)32-8-18(23-24-21)15(28)14(27)16(33-18)25-5-3-13(26)22-17(25)29/h1-3,5,7,12,14-16,27-28H,4,6,8H2,(H,22,26,29)/t12-,14-,15+,16-,18-,35+/m1/s1. The summed E-state index contributed by atoms with van der Waals surface area (Å²) < 4.78 is 49.3. The number of aromatic amines is 1. The van der Waals surface area contributed by atoms with Crippen LogP contribution in [-0.4, -0.2) is 50.9 Å². The number of aliphatic hydroxyl groups excluding tert-OH is 2. The molecule has 0 saturated carbocycles. The van der Waals surface area contributed by atoms with Crippen LogP contribution >= 0.6 is 19.4 Å². The van der Waals surface area contributed by atoms with Gasteiger partial charge in [-0.25, -0.2) is 13.8 Å². The van der Waals surface area contributed by atoms with Crippen LogP contribution in [0.4, 0.5) is 4.39 Å². The molecule has 14 nitrogen and oxygen atoms in total. The van der Waals surface area contributed by atoms with Crippen LogP contribution in [0.15, 0.2) is 45.2 Å². The summed E-state index contributed by atoms with van der Waals surface area (Å²) >= 11 is 5.76. The molecule has 2 aromatic rings. The van der Waals surface area contributed by atoms with Crippen molar-refractivity contribution in [3.05, 3.63) is 78.1 Å². The summed E-state index contributed by atoms with van der Waals surface area (Å²) in [7, 11) is -4.41. The van der Waals surface area contributed by atoms with Crippen molar-refractivity contribution in [1.82, 2.24) is 9.55 Å². The lowest BCUT2D eigenvalue weighted by Crippen LogP contribution is -2.45. The second-order valence-corrected chi connectivity index (χ2v) is 9.66. The molecule has 35 heavy (non-hydrogen) atoms. The Morgan fingerprint density at radius 3 is 2.86 bits per heavy atom. The lowest BCUT2D eigenvalue weighted by atomic mass is 10.1. The Labute approximate surface area is 200 Å². The van der Waals surface area contributed by atoms with Gasteiger partial charge in [0.15, 0.2) is 6.23 Å². The van der Waals surface area contributed by atoms with E-state index in [4.69, 9.17) is 35.4 Å². The predicted molar refractivity (Wildman–Crippen MR) is 115 cm³/mol. The average Bonchev–Trinajstić information content (AvgIpc) is 3.04. The number of hydrogen-bond donors (Lipinski definition) is 3. The number of H-pyrrole nitrogens is 1. The van der Waals surface area contributed by atoms with Gasteiger partial charge in [0, 0.05) is 34.2 Å². The van der Waals surface area contributed by atoms with Gasteiger partial charge in [0.25, 0.3) is 5.56 Å². The number of nitrogens with zero attached hydrogens (tertiary/aromatic N) is 4. The van der Waals surface area contributed by atoms with Crippen LogP contribution in [0.5, 0.6) is 0 Å². The number of phosphoric acid groups is 1. The van der Waals surface area contributed by atoms with Gasteiger partial charge in [0.2, 0.25) is 5.72 Å². The predicted octanol–water partition coefficient (Wildman–Crippen LogP) is 1.89. The Morgan fingerprint density at radius 2 is 2.17 bits per heavy atom. The maximum absolute atomic E-state index is 14.3. The molecular formula is C18H18ClFN5O9P. The van der Waals surface area contributed by atoms with Crippen LogP contribution in [0.25, 0.3) is 10.4 Å². The monoisotopic (exact) mass is 533 g/mol. The summed E-state index contributed by atoms with van der Waals surface area (Å²) in [5, 5.41) is 24.5. The van der Waals surface area contributed by atoms with E-state index in [0.29, 0.717) is 0 Å². The first-order chi connectivity index (χ1) is 16.6. The zero-order valence-electron chi connectivity index (χ0n) is 17.6. The Hall–Kier alpha value is -2.58. The highest BCUT2D eigenvalue weighted by Gasteiger charge is 2.56. The lowest BCUT2D eigenvalue weighted by molar-refractivity contribution is -0.127. The number of azide groups is 1. The fourth-order valence-electron chi connectivity index (χ4n) is 3.65. The zero-order chi connectivity index (χ0) is 25.4. The van der Waals surface area contributed by atoms with E-state index < -0.39 is 61.8 Å². The summed E-state index contributed by atoms with van der Waals surface area (Å²) in [5.41, 5.74) is 4.99. The highest BCUT2D eigenvalue weighted by atomic mass is 35.5. The van der Waals surface area contributed by atoms with E-state index in [1.807, 2.05) is 4.98 Å². The van der Waals surface area contributed by atoms with Crippen LogP contribution in [-0.2, 0) is 22.9 Å². The molecule has 2 aliphatic rings. The van der Waals surface area contributed by atoms with Gasteiger partial charge in [-0.15, -0.1) is 0 Å². The molecule has 0 unspecified atom stereocenters. The molecular weight excluding hydrogens is 516 g/mol. The SMILES string of the molecule is [N-]=[N+]=N[C@]1(CO[P@]2(=O)OCC[C@H](c3ccc(Cl)cc3F)O2)O[C@@H](n2ccc(=O)[nH]c2=O)[C@H](O)[C@@H]1O. The normalized spacial score (nSPS) is 32.8. The van der Waals surface area contributed by atoms with Gasteiger partial charge in [0.05, 0.1) is 19.3 Å². The van der Waals surface area contributed by atoms with Crippen molar-refractivity contribution in [3.8, 4) is 0 Å². The number of phosphoric ester groups is 1. The third kappa shape index (κ3) is 5.05. The summed E-state index contributed by atoms with van der Waals surface area (Å²) in [6, 6.07) is 4.79. The van der Waals surface area contributed by atoms with Crippen LogP contribution in [0, 0.1) is 5.82 Å². The maximum atomic E-state index is 14.3. The number of halogens is 2. The Kier molecular flexibility index (Phi) is 7.16. The van der Waals surface area contributed by atoms with Crippen LogP contribution < -0.4 is 11.2 Å². The minimum atomic E-state index is -4.41. The van der Waals surface area contributed by atoms with E-state index in [-0.39, 0.29) is 23.6 Å². The molecule has 0 aliphatic carbocycles. The van der Waals surface area contributed by atoms with E-state index in [1.165, 1.54) is 12.1 Å². The minimum Gasteiger partial charge on any atom is -0.387 e. The number of aliphatic hydroxyl groups is 2. The van der Waals surface area contributed by atoms with Crippen molar-refractivity contribution in [2.24, 2.45) is 5.11 Å². The van der Waals surface area contributed by atoms with Crippen molar-refractivity contribution in [2.45, 2.75) is 36.7 Å². The molecule has 0 bridgehead atoms. The van der Waals surface area contributed by atoms with Gasteiger partial charge in [0.1, 0.15) is 18.0 Å². The molecule has 0 amide bonds. The molecule has 17 heteroatoms. The molecule has 188 valence electrons. The molecule has 0 radical (unpaired) electrons. The minimum absolute atomic E-state index is 0.0522. The third-order valence-corrected chi connectivity index (χ3v) is 7.06. The Morgan fingerprint density at radius 1 is 1.40 bits per heavy atom. The largest absolute Gasteiger partial charge is 0.475 e. The molecule has 2 fully saturated rings. The molecule has 2 aliphatic heterocycles. The number of benzene rings is 1. The highest BCUT2D eigenvalue weighted by Crippen LogP contribution is 2.58. The molecule has 4 rings (SSSR count). The number of hydrogen-bond acceptors (Lipinski definition) is 10. The molecule has 3 N–H and O–H groups in total. The third-order valence-electron chi connectivity index (χ3n) is 5.37. The number of nitrogens with one attached hydrogen (secondary N) is 1. The van der Waals surface area contributed by atoms with Gasteiger partial charge < -0.3 is 14.9 Å². The smallest absolute Gasteiger partial charge is 0.387 e. The summed E-state index contributed by atoms with van der Waals surface area (Å²) in [5.74, 6) is -0.701. The van der Waals surface area contributed by atoms with Crippen LogP contribution in [0.2, 0.25) is 5.02 Å². The fraction of sp³-hybridized carbons (Fsp3) is 0.444. The van der Waals surface area contributed by atoms with Crippen molar-refractivity contribution in [2.75, 3.05) is 13.2 Å². The molecule has 0 spiro atoms. The summed E-state index contributed by atoms with van der Waals surface area (Å²) in [6.07, 6.45) is -5.33.